The smallest absolute Gasteiger partial charge is 0.409 e. The molecule has 3 rings (SSSR count). The van der Waals surface area contributed by atoms with Gasteiger partial charge < -0.3 is 25.0 Å². The number of aromatic nitrogens is 2. The molecule has 2 N–H and O–H groups in total. The SMILES string of the molecule is C=C/C=C(/c1cc(C)nc2c(OCc3c(N)cncc3C(C)OC(=O)N(C)C)cccc12)N(C)C. The Balaban J connectivity index is 2.00. The Bertz CT molecular complexity index is 1270. The molecule has 35 heavy (non-hydrogen) atoms. The van der Waals surface area contributed by atoms with E-state index in [0.717, 1.165) is 27.9 Å². The number of aryl methyl sites for hydroxylation is 1. The number of pyridine rings is 2. The molecule has 2 heterocycles. The van der Waals surface area contributed by atoms with Crippen LogP contribution in [0.4, 0.5) is 10.5 Å². The van der Waals surface area contributed by atoms with E-state index in [1.807, 2.05) is 50.2 Å². The number of para-hydroxylation sites is 1. The number of amides is 1. The molecule has 1 amide bonds. The number of hydrogen-bond acceptors (Lipinski definition) is 7. The summed E-state index contributed by atoms with van der Waals surface area (Å²) in [6, 6.07) is 7.91. The van der Waals surface area contributed by atoms with Crippen LogP contribution in [0.15, 0.2) is 55.4 Å². The van der Waals surface area contributed by atoms with Gasteiger partial charge in [0.1, 0.15) is 24.0 Å². The maximum absolute atomic E-state index is 12.1. The van der Waals surface area contributed by atoms with E-state index in [4.69, 9.17) is 20.2 Å². The van der Waals surface area contributed by atoms with Crippen molar-refractivity contribution >= 4 is 28.4 Å². The number of ether oxygens (including phenoxy) is 2. The molecule has 0 spiro atoms. The van der Waals surface area contributed by atoms with Crippen LogP contribution in [0.5, 0.6) is 5.75 Å². The van der Waals surface area contributed by atoms with E-state index < -0.39 is 12.2 Å². The van der Waals surface area contributed by atoms with Crippen LogP contribution >= 0.6 is 0 Å². The summed E-state index contributed by atoms with van der Waals surface area (Å²) in [6.45, 7) is 7.76. The summed E-state index contributed by atoms with van der Waals surface area (Å²) < 4.78 is 11.8. The minimum atomic E-state index is -0.550. The first-order valence-electron chi connectivity index (χ1n) is 11.3. The van der Waals surface area contributed by atoms with Crippen LogP contribution in [0.2, 0.25) is 0 Å². The predicted molar refractivity (Wildman–Crippen MR) is 140 cm³/mol. The highest BCUT2D eigenvalue weighted by Gasteiger charge is 2.20. The number of hydrogen-bond donors (Lipinski definition) is 1. The fourth-order valence-corrected chi connectivity index (χ4v) is 3.78. The molecular weight excluding hydrogens is 442 g/mol. The quantitative estimate of drug-likeness (QED) is 0.461. The van der Waals surface area contributed by atoms with Gasteiger partial charge in [-0.2, -0.15) is 0 Å². The maximum atomic E-state index is 12.1. The Hall–Kier alpha value is -4.07. The fraction of sp³-hybridized carbons (Fsp3) is 0.296. The summed E-state index contributed by atoms with van der Waals surface area (Å²) in [5.74, 6) is 0.629. The first-order chi connectivity index (χ1) is 16.6. The summed E-state index contributed by atoms with van der Waals surface area (Å²) in [7, 11) is 7.25. The van der Waals surface area contributed by atoms with Crippen LogP contribution < -0.4 is 10.5 Å². The van der Waals surface area contributed by atoms with Crippen molar-refractivity contribution in [2.45, 2.75) is 26.6 Å². The van der Waals surface area contributed by atoms with Gasteiger partial charge in [-0.3, -0.25) is 4.98 Å². The van der Waals surface area contributed by atoms with Crippen molar-refractivity contribution < 1.29 is 14.3 Å². The van der Waals surface area contributed by atoms with Crippen LogP contribution in [0, 0.1) is 6.92 Å². The molecule has 0 saturated carbocycles. The van der Waals surface area contributed by atoms with Gasteiger partial charge in [0.25, 0.3) is 0 Å². The van der Waals surface area contributed by atoms with Gasteiger partial charge in [-0.1, -0.05) is 24.8 Å². The lowest BCUT2D eigenvalue weighted by molar-refractivity contribution is 0.0816. The Morgan fingerprint density at radius 3 is 2.60 bits per heavy atom. The zero-order valence-electron chi connectivity index (χ0n) is 21.2. The molecule has 0 aliphatic heterocycles. The molecule has 0 fully saturated rings. The third-order valence-corrected chi connectivity index (χ3v) is 5.54. The van der Waals surface area contributed by atoms with E-state index >= 15 is 0 Å². The van der Waals surface area contributed by atoms with Gasteiger partial charge in [-0.25, -0.2) is 9.78 Å². The second kappa shape index (κ2) is 10.9. The zero-order chi connectivity index (χ0) is 25.7. The van der Waals surface area contributed by atoms with Crippen molar-refractivity contribution in [3.63, 3.8) is 0 Å². The first kappa shape index (κ1) is 25.6. The third kappa shape index (κ3) is 5.71. The molecule has 8 nitrogen and oxygen atoms in total. The Kier molecular flexibility index (Phi) is 7.96. The highest BCUT2D eigenvalue weighted by Crippen LogP contribution is 2.33. The molecule has 8 heteroatoms. The van der Waals surface area contributed by atoms with E-state index in [-0.39, 0.29) is 6.61 Å². The molecule has 0 bridgehead atoms. The molecule has 184 valence electrons. The predicted octanol–water partition coefficient (Wildman–Crippen LogP) is 4.95. The zero-order valence-corrected chi connectivity index (χ0v) is 21.2. The number of carbonyl (C=O) groups is 1. The number of nitrogen functional groups attached to an aromatic ring is 1. The van der Waals surface area contributed by atoms with Crippen LogP contribution in [0.3, 0.4) is 0 Å². The lowest BCUT2D eigenvalue weighted by Crippen LogP contribution is -2.24. The van der Waals surface area contributed by atoms with Crippen molar-refractivity contribution in [2.75, 3.05) is 33.9 Å². The molecular formula is C27H33N5O3. The summed E-state index contributed by atoms with van der Waals surface area (Å²) in [5.41, 5.74) is 11.8. The van der Waals surface area contributed by atoms with E-state index in [0.29, 0.717) is 22.6 Å². The normalized spacial score (nSPS) is 12.2. The van der Waals surface area contributed by atoms with Crippen LogP contribution in [0.25, 0.3) is 16.6 Å². The molecule has 1 aromatic carbocycles. The van der Waals surface area contributed by atoms with Crippen molar-refractivity contribution in [3.8, 4) is 5.75 Å². The van der Waals surface area contributed by atoms with E-state index in [1.165, 1.54) is 4.90 Å². The highest BCUT2D eigenvalue weighted by molar-refractivity contribution is 5.94. The lowest BCUT2D eigenvalue weighted by Gasteiger charge is -2.21. The number of nitrogens with zero attached hydrogens (tertiary/aromatic N) is 4. The summed E-state index contributed by atoms with van der Waals surface area (Å²) >= 11 is 0. The number of carbonyl (C=O) groups excluding carboxylic acids is 1. The molecule has 2 aromatic heterocycles. The van der Waals surface area contributed by atoms with Gasteiger partial charge in [0.2, 0.25) is 0 Å². The molecule has 0 radical (unpaired) electrons. The number of fused-ring (bicyclic) bond motifs is 1. The van der Waals surface area contributed by atoms with Gasteiger partial charge in [-0.15, -0.1) is 0 Å². The van der Waals surface area contributed by atoms with E-state index in [1.54, 1.807) is 39.5 Å². The molecule has 0 saturated heterocycles. The van der Waals surface area contributed by atoms with Crippen LogP contribution in [-0.2, 0) is 11.3 Å². The van der Waals surface area contributed by atoms with E-state index in [9.17, 15) is 4.79 Å². The van der Waals surface area contributed by atoms with E-state index in [2.05, 4.69) is 17.6 Å². The average molecular weight is 476 g/mol. The third-order valence-electron chi connectivity index (χ3n) is 5.54. The minimum Gasteiger partial charge on any atom is -0.487 e. The van der Waals surface area contributed by atoms with Gasteiger partial charge >= 0.3 is 6.09 Å². The van der Waals surface area contributed by atoms with Crippen molar-refractivity contribution in [1.82, 2.24) is 19.8 Å². The van der Waals surface area contributed by atoms with Gasteiger partial charge in [-0.05, 0) is 32.1 Å². The molecule has 0 aliphatic rings. The highest BCUT2D eigenvalue weighted by atomic mass is 16.6. The van der Waals surface area contributed by atoms with Crippen molar-refractivity contribution in [2.24, 2.45) is 0 Å². The summed E-state index contributed by atoms with van der Waals surface area (Å²) in [6.07, 6.45) is 5.96. The van der Waals surface area contributed by atoms with Crippen LogP contribution in [-0.4, -0.2) is 54.1 Å². The summed E-state index contributed by atoms with van der Waals surface area (Å²) in [5, 5.41) is 0.964. The van der Waals surface area contributed by atoms with Crippen molar-refractivity contribution in [1.29, 1.82) is 0 Å². The molecule has 1 atom stereocenters. The second-order valence-electron chi connectivity index (χ2n) is 8.65. The molecule has 3 aromatic rings. The Morgan fingerprint density at radius 1 is 1.20 bits per heavy atom. The fourth-order valence-electron chi connectivity index (χ4n) is 3.78. The van der Waals surface area contributed by atoms with Gasteiger partial charge in [0, 0.05) is 67.9 Å². The molecule has 0 aliphatic carbocycles. The molecule has 1 unspecified atom stereocenters. The van der Waals surface area contributed by atoms with Gasteiger partial charge in [0.05, 0.1) is 11.9 Å². The standard InChI is InChI=1S/C27H33N5O3/c1-8-10-24(31(4)5)20-13-17(2)30-26-19(20)11-9-12-25(26)34-16-22-21(14-29-15-23(22)28)18(3)35-27(33)32(6)7/h8-15,18H,1,16,28H2,2-7H3/b24-10-. The Labute approximate surface area is 206 Å². The van der Waals surface area contributed by atoms with Crippen LogP contribution in [0.1, 0.15) is 35.4 Å². The second-order valence-corrected chi connectivity index (χ2v) is 8.65. The largest absolute Gasteiger partial charge is 0.487 e. The average Bonchev–Trinajstić information content (AvgIpc) is 2.80. The maximum Gasteiger partial charge on any atom is 0.409 e. The number of nitrogens with two attached hydrogens (primary N) is 1. The topological polar surface area (TPSA) is 93.8 Å². The first-order valence-corrected chi connectivity index (χ1v) is 11.3. The lowest BCUT2D eigenvalue weighted by atomic mass is 10.0. The monoisotopic (exact) mass is 475 g/mol. The number of rotatable bonds is 8. The number of anilines is 1. The minimum absolute atomic E-state index is 0.167. The number of allylic oxidation sites excluding steroid dienone is 2. The van der Waals surface area contributed by atoms with Gasteiger partial charge in [0.15, 0.2) is 0 Å². The number of benzene rings is 1. The van der Waals surface area contributed by atoms with Crippen molar-refractivity contribution in [3.05, 3.63) is 77.8 Å². The summed E-state index contributed by atoms with van der Waals surface area (Å²) in [4.78, 5) is 24.4. The Morgan fingerprint density at radius 2 is 1.94 bits per heavy atom.